The summed E-state index contributed by atoms with van der Waals surface area (Å²) in [7, 11) is 1.44. The molecule has 2 N–H and O–H groups in total. The van der Waals surface area contributed by atoms with Crippen LogP contribution in [0, 0.1) is 0 Å². The van der Waals surface area contributed by atoms with Crippen LogP contribution in [0.1, 0.15) is 50.7 Å². The Morgan fingerprint density at radius 2 is 1.75 bits per heavy atom. The molecule has 0 atom stereocenters. The van der Waals surface area contributed by atoms with Gasteiger partial charge >= 0.3 is 0 Å². The van der Waals surface area contributed by atoms with Crippen molar-refractivity contribution < 1.29 is 14.7 Å². The van der Waals surface area contributed by atoms with E-state index >= 15 is 0 Å². The average Bonchev–Trinajstić information content (AvgIpc) is 2.96. The van der Waals surface area contributed by atoms with E-state index < -0.39 is 17.2 Å². The summed E-state index contributed by atoms with van der Waals surface area (Å²) < 4.78 is 0. The van der Waals surface area contributed by atoms with E-state index in [1.54, 1.807) is 4.90 Å². The van der Waals surface area contributed by atoms with Gasteiger partial charge in [-0.3, -0.25) is 14.6 Å². The van der Waals surface area contributed by atoms with Gasteiger partial charge in [0.1, 0.15) is 5.57 Å². The number of carbonyl (C=O) groups is 2. The number of likely N-dealkylation sites (N-methyl/N-ethyl adjacent to an activating group) is 1. The lowest BCUT2D eigenvalue weighted by atomic mass is 9.84. The van der Waals surface area contributed by atoms with E-state index in [4.69, 9.17) is 4.99 Å². The number of aliphatic hydroxyl groups excluding tert-OH is 1. The highest BCUT2D eigenvalue weighted by Gasteiger charge is 2.35. The second-order valence-corrected chi connectivity index (χ2v) is 8.12. The van der Waals surface area contributed by atoms with Gasteiger partial charge in [0, 0.05) is 25.7 Å². The number of nitrogens with zero attached hydrogens (tertiary/aromatic N) is 2. The van der Waals surface area contributed by atoms with E-state index in [0.717, 1.165) is 43.2 Å². The van der Waals surface area contributed by atoms with Crippen LogP contribution < -0.4 is 5.32 Å². The number of nitrogens with one attached hydrogen (secondary N) is 1. The Morgan fingerprint density at radius 3 is 2.39 bits per heavy atom. The van der Waals surface area contributed by atoms with E-state index in [2.05, 4.69) is 5.32 Å². The van der Waals surface area contributed by atoms with Crippen molar-refractivity contribution >= 4 is 17.5 Å². The molecule has 0 aromatic heterocycles. The minimum absolute atomic E-state index is 0.00137. The van der Waals surface area contributed by atoms with Gasteiger partial charge in [-0.25, -0.2) is 0 Å². The molecule has 0 radical (unpaired) electrons. The summed E-state index contributed by atoms with van der Waals surface area (Å²) in [4.78, 5) is 32.3. The molecule has 0 aliphatic carbocycles. The van der Waals surface area contributed by atoms with Crippen LogP contribution in [0.2, 0.25) is 0 Å². The number of aliphatic imine (C=N–C) groups is 1. The van der Waals surface area contributed by atoms with Crippen molar-refractivity contribution in [2.45, 2.75) is 51.5 Å². The third kappa shape index (κ3) is 4.11. The molecular weight excluding hydrogens is 354 g/mol. The van der Waals surface area contributed by atoms with Crippen LogP contribution in [-0.2, 0) is 16.0 Å². The summed E-state index contributed by atoms with van der Waals surface area (Å²) in [5, 5.41) is 13.2. The Balaban J connectivity index is 2.15. The van der Waals surface area contributed by atoms with Crippen molar-refractivity contribution in [1.29, 1.82) is 0 Å². The van der Waals surface area contributed by atoms with Crippen LogP contribution in [0.4, 0.5) is 0 Å². The third-order valence-electron chi connectivity index (χ3n) is 5.33. The molecule has 2 amide bonds. The molecule has 1 saturated heterocycles. The fraction of sp³-hybridized carbons (Fsp3) is 0.500. The molecule has 1 aromatic rings. The van der Waals surface area contributed by atoms with Crippen LogP contribution in [0.5, 0.6) is 0 Å². The van der Waals surface area contributed by atoms with Crippen LogP contribution in [-0.4, -0.2) is 53.2 Å². The number of carbonyl (C=O) groups excluding carboxylic acids is 2. The second-order valence-electron chi connectivity index (χ2n) is 8.12. The number of amides is 2. The first kappa shape index (κ1) is 20.1. The Kier molecular flexibility index (Phi) is 5.87. The molecule has 3 rings (SSSR count). The monoisotopic (exact) mass is 383 g/mol. The van der Waals surface area contributed by atoms with Gasteiger partial charge in [-0.15, -0.1) is 0 Å². The number of aliphatic hydroxyl groups is 1. The Morgan fingerprint density at radius 1 is 1.11 bits per heavy atom. The topological polar surface area (TPSA) is 82.0 Å². The first-order valence-corrected chi connectivity index (χ1v) is 9.97. The lowest BCUT2D eigenvalue weighted by Crippen LogP contribution is -2.40. The second kappa shape index (κ2) is 8.17. The Bertz CT molecular complexity index is 831. The molecular formula is C22H29N3O3. The molecule has 1 aromatic carbocycles. The Labute approximate surface area is 166 Å². The van der Waals surface area contributed by atoms with Crippen molar-refractivity contribution in [3.05, 3.63) is 46.7 Å². The van der Waals surface area contributed by atoms with E-state index in [1.807, 2.05) is 38.1 Å². The van der Waals surface area contributed by atoms with Gasteiger partial charge < -0.3 is 15.3 Å². The molecule has 2 heterocycles. The molecule has 6 heteroatoms. The highest BCUT2D eigenvalue weighted by atomic mass is 16.3. The van der Waals surface area contributed by atoms with Gasteiger partial charge in [0.15, 0.2) is 5.76 Å². The molecule has 6 nitrogen and oxygen atoms in total. The van der Waals surface area contributed by atoms with Crippen LogP contribution in [0.25, 0.3) is 0 Å². The van der Waals surface area contributed by atoms with Crippen LogP contribution >= 0.6 is 0 Å². The zero-order chi connectivity index (χ0) is 20.3. The first-order chi connectivity index (χ1) is 13.3. The summed E-state index contributed by atoms with van der Waals surface area (Å²) in [6, 6.07) is 7.75. The van der Waals surface area contributed by atoms with Crippen molar-refractivity contribution in [2.24, 2.45) is 4.99 Å². The average molecular weight is 383 g/mol. The van der Waals surface area contributed by atoms with Crippen molar-refractivity contribution in [1.82, 2.24) is 10.2 Å². The van der Waals surface area contributed by atoms with Crippen LogP contribution in [0.3, 0.4) is 0 Å². The van der Waals surface area contributed by atoms with E-state index in [9.17, 15) is 14.7 Å². The quantitative estimate of drug-likeness (QED) is 0.622. The van der Waals surface area contributed by atoms with Gasteiger partial charge in [-0.05, 0) is 38.7 Å². The van der Waals surface area contributed by atoms with E-state index in [-0.39, 0.29) is 11.5 Å². The van der Waals surface area contributed by atoms with Gasteiger partial charge in [0.25, 0.3) is 11.8 Å². The number of rotatable bonds is 3. The van der Waals surface area contributed by atoms with Gasteiger partial charge in [-0.1, -0.05) is 37.1 Å². The maximum Gasteiger partial charge on any atom is 0.286 e. The number of benzene rings is 1. The molecule has 2 aliphatic heterocycles. The number of hydrogen-bond acceptors (Lipinski definition) is 4. The predicted octanol–water partition coefficient (Wildman–Crippen LogP) is 2.77. The lowest BCUT2D eigenvalue weighted by Gasteiger charge is -2.31. The zero-order valence-corrected chi connectivity index (χ0v) is 16.9. The molecule has 2 aliphatic rings. The molecule has 0 bridgehead atoms. The maximum atomic E-state index is 13.5. The summed E-state index contributed by atoms with van der Waals surface area (Å²) in [5.41, 5.74) is 1.83. The molecule has 0 spiro atoms. The minimum atomic E-state index is -0.679. The molecule has 0 unspecified atom stereocenters. The summed E-state index contributed by atoms with van der Waals surface area (Å²) in [6.45, 7) is 5.24. The predicted molar refractivity (Wildman–Crippen MR) is 110 cm³/mol. The van der Waals surface area contributed by atoms with E-state index in [0.29, 0.717) is 18.8 Å². The largest absolute Gasteiger partial charge is 0.502 e. The summed E-state index contributed by atoms with van der Waals surface area (Å²) in [6.07, 6.45) is 4.75. The fourth-order valence-electron chi connectivity index (χ4n) is 3.94. The number of hydrogen-bond donors (Lipinski definition) is 2. The smallest absolute Gasteiger partial charge is 0.286 e. The van der Waals surface area contributed by atoms with Crippen molar-refractivity contribution in [3.8, 4) is 0 Å². The summed E-state index contributed by atoms with van der Waals surface area (Å²) >= 11 is 0. The summed E-state index contributed by atoms with van der Waals surface area (Å²) in [5.74, 6) is -1.57. The first-order valence-electron chi connectivity index (χ1n) is 9.97. The SMILES string of the molecule is CNC(=O)/C(O)=C(\C(=O)N1CCCCCC1)C1=NC(C)(C)Cc2ccccc21. The minimum Gasteiger partial charge on any atom is -0.502 e. The van der Waals surface area contributed by atoms with Gasteiger partial charge in [0.05, 0.1) is 11.3 Å². The molecule has 150 valence electrons. The zero-order valence-electron chi connectivity index (χ0n) is 16.9. The lowest BCUT2D eigenvalue weighted by molar-refractivity contribution is -0.127. The Hall–Kier alpha value is -2.63. The van der Waals surface area contributed by atoms with Crippen LogP contribution in [0.15, 0.2) is 40.6 Å². The normalized spacial score (nSPS) is 19.7. The molecule has 0 saturated carbocycles. The maximum absolute atomic E-state index is 13.5. The highest BCUT2D eigenvalue weighted by Crippen LogP contribution is 2.31. The number of fused-ring (bicyclic) bond motifs is 1. The fourth-order valence-corrected chi connectivity index (χ4v) is 3.94. The van der Waals surface area contributed by atoms with Gasteiger partial charge in [0.2, 0.25) is 0 Å². The standard InChI is InChI=1S/C22H29N3O3/c1-22(2)14-15-10-6-7-11-16(15)18(24-22)17(19(26)20(27)23-3)21(28)25-12-8-4-5-9-13-25/h6-7,10-11,26H,4-5,8-9,12-14H2,1-3H3,(H,23,27)/b19-17+. The number of likely N-dealkylation sites (tertiary alicyclic amines) is 1. The van der Waals surface area contributed by atoms with Gasteiger partial charge in [-0.2, -0.15) is 0 Å². The highest BCUT2D eigenvalue weighted by molar-refractivity contribution is 6.31. The van der Waals surface area contributed by atoms with E-state index in [1.165, 1.54) is 7.05 Å². The van der Waals surface area contributed by atoms with Crippen molar-refractivity contribution in [3.63, 3.8) is 0 Å². The molecule has 28 heavy (non-hydrogen) atoms. The molecule has 1 fully saturated rings. The third-order valence-corrected chi connectivity index (χ3v) is 5.33. The van der Waals surface area contributed by atoms with Crippen molar-refractivity contribution in [2.75, 3.05) is 20.1 Å².